The summed E-state index contributed by atoms with van der Waals surface area (Å²) in [5.74, 6) is -0.294. The van der Waals surface area contributed by atoms with Crippen molar-refractivity contribution < 1.29 is 13.2 Å². The third kappa shape index (κ3) is 3.26. The minimum absolute atomic E-state index is 0.114. The molecule has 0 atom stereocenters. The number of likely N-dealkylation sites (N-methyl/N-ethyl adjacent to an activating group) is 2. The van der Waals surface area contributed by atoms with Gasteiger partial charge in [0.2, 0.25) is 0 Å². The average Bonchev–Trinajstić information content (AvgIpc) is 2.98. The van der Waals surface area contributed by atoms with Crippen LogP contribution in [0.2, 0.25) is 0 Å². The monoisotopic (exact) mass is 380 g/mol. The number of aryl methyl sites for hydroxylation is 1. The molecule has 142 valence electrons. The summed E-state index contributed by atoms with van der Waals surface area (Å²) in [5.41, 5.74) is 1.79. The van der Waals surface area contributed by atoms with Crippen LogP contribution in [0.25, 0.3) is 0 Å². The van der Waals surface area contributed by atoms with Crippen molar-refractivity contribution in [2.24, 2.45) is 4.40 Å². The van der Waals surface area contributed by atoms with Crippen LogP contribution < -0.4 is 0 Å². The summed E-state index contributed by atoms with van der Waals surface area (Å²) in [4.78, 5) is 16.8. The second-order valence-electron chi connectivity index (χ2n) is 6.51. The highest BCUT2D eigenvalue weighted by atomic mass is 32.2. The number of allylic oxidation sites excluding steroid dienone is 1. The molecule has 3 rings (SSSR count). The van der Waals surface area contributed by atoms with E-state index in [9.17, 15) is 13.2 Å². The van der Waals surface area contributed by atoms with E-state index in [4.69, 9.17) is 0 Å². The van der Waals surface area contributed by atoms with Gasteiger partial charge in [-0.05, 0) is 27.0 Å². The van der Waals surface area contributed by atoms with Crippen LogP contribution in [0.3, 0.4) is 0 Å². The molecular formula is C16H24N6O3S. The molecule has 10 heteroatoms. The lowest BCUT2D eigenvalue weighted by Crippen LogP contribution is -2.49. The van der Waals surface area contributed by atoms with E-state index >= 15 is 0 Å². The van der Waals surface area contributed by atoms with E-state index in [0.717, 1.165) is 23.1 Å². The molecule has 26 heavy (non-hydrogen) atoms. The van der Waals surface area contributed by atoms with Gasteiger partial charge in [0.1, 0.15) is 5.70 Å². The molecule has 9 nitrogen and oxygen atoms in total. The molecule has 0 radical (unpaired) electrons. The lowest BCUT2D eigenvalue weighted by molar-refractivity contribution is -0.129. The zero-order valence-electron chi connectivity index (χ0n) is 15.5. The van der Waals surface area contributed by atoms with Crippen LogP contribution in [0, 0.1) is 6.92 Å². The molecule has 1 saturated heterocycles. The summed E-state index contributed by atoms with van der Waals surface area (Å²) >= 11 is 0. The first-order valence-electron chi connectivity index (χ1n) is 8.55. The maximum atomic E-state index is 12.9. The van der Waals surface area contributed by atoms with E-state index in [0.29, 0.717) is 25.2 Å². The van der Waals surface area contributed by atoms with Crippen molar-refractivity contribution in [3.05, 3.63) is 29.2 Å². The van der Waals surface area contributed by atoms with Gasteiger partial charge in [-0.25, -0.2) is 4.31 Å². The Morgan fingerprint density at radius 1 is 1.19 bits per heavy atom. The van der Waals surface area contributed by atoms with Gasteiger partial charge in [-0.2, -0.15) is 13.5 Å². The van der Waals surface area contributed by atoms with Crippen LogP contribution in [0.5, 0.6) is 0 Å². The Balaban J connectivity index is 1.98. The molecule has 0 unspecified atom stereocenters. The van der Waals surface area contributed by atoms with Crippen molar-refractivity contribution in [3.63, 3.8) is 0 Å². The van der Waals surface area contributed by atoms with Crippen LogP contribution in [0.15, 0.2) is 22.4 Å². The van der Waals surface area contributed by atoms with Crippen molar-refractivity contribution in [2.75, 3.05) is 40.3 Å². The molecule has 0 aromatic carbocycles. The second kappa shape index (κ2) is 6.84. The van der Waals surface area contributed by atoms with E-state index in [1.165, 1.54) is 7.05 Å². The Kier molecular flexibility index (Phi) is 4.89. The first kappa shape index (κ1) is 18.6. The Morgan fingerprint density at radius 2 is 1.85 bits per heavy atom. The van der Waals surface area contributed by atoms with E-state index in [-0.39, 0.29) is 17.3 Å². The largest absolute Gasteiger partial charge is 0.345 e. The number of carbonyl (C=O) groups is 1. The molecule has 0 N–H and O–H groups in total. The Bertz CT molecular complexity index is 878. The average molecular weight is 380 g/mol. The van der Waals surface area contributed by atoms with Gasteiger partial charge >= 0.3 is 10.2 Å². The number of nitrogens with zero attached hydrogens (tertiary/aromatic N) is 6. The van der Waals surface area contributed by atoms with Gasteiger partial charge in [-0.15, -0.1) is 4.40 Å². The van der Waals surface area contributed by atoms with E-state index < -0.39 is 10.2 Å². The number of aromatic nitrogens is 2. The standard InChI is InChI=1S/C16H24N6O3S/c1-5-22-12(2)13(11-17-22)14-10-15(20(4)26(24,25)18-14)16(23)21-8-6-19(3)7-9-21/h10-11H,5-9H2,1-4H3. The molecule has 0 aliphatic carbocycles. The first-order chi connectivity index (χ1) is 12.2. The number of piperazine rings is 1. The highest BCUT2D eigenvalue weighted by Crippen LogP contribution is 2.23. The van der Waals surface area contributed by atoms with Gasteiger partial charge in [0.15, 0.2) is 0 Å². The summed E-state index contributed by atoms with van der Waals surface area (Å²) in [5, 5.41) is 4.24. The molecule has 0 spiro atoms. The molecule has 0 saturated carbocycles. The van der Waals surface area contributed by atoms with Gasteiger partial charge in [0, 0.05) is 51.0 Å². The topological polar surface area (TPSA) is 91.1 Å². The SMILES string of the molecule is CCn1ncc(C2=NS(=O)(=O)N(C)C(C(=O)N3CCN(C)CC3)=C2)c1C. The van der Waals surface area contributed by atoms with Crippen LogP contribution in [0.4, 0.5) is 0 Å². The van der Waals surface area contributed by atoms with E-state index in [1.807, 2.05) is 20.9 Å². The summed E-state index contributed by atoms with van der Waals surface area (Å²) in [6.45, 7) is 7.14. The summed E-state index contributed by atoms with van der Waals surface area (Å²) in [7, 11) is -0.602. The highest BCUT2D eigenvalue weighted by Gasteiger charge is 2.33. The molecule has 2 aliphatic heterocycles. The minimum atomic E-state index is -3.96. The number of hydrogen-bond acceptors (Lipinski definition) is 5. The predicted octanol–water partition coefficient (Wildman–Crippen LogP) is -0.151. The van der Waals surface area contributed by atoms with Gasteiger partial charge in [0.05, 0.1) is 11.9 Å². The van der Waals surface area contributed by atoms with Crippen molar-refractivity contribution in [1.82, 2.24) is 23.9 Å². The first-order valence-corrected chi connectivity index (χ1v) is 9.95. The third-order valence-electron chi connectivity index (χ3n) is 4.86. The number of hydrogen-bond donors (Lipinski definition) is 0. The number of amides is 1. The number of rotatable bonds is 3. The lowest BCUT2D eigenvalue weighted by atomic mass is 10.1. The highest BCUT2D eigenvalue weighted by molar-refractivity contribution is 7.88. The molecule has 1 aromatic heterocycles. The molecule has 1 fully saturated rings. The zero-order chi connectivity index (χ0) is 19.1. The smallest absolute Gasteiger partial charge is 0.335 e. The fourth-order valence-corrected chi connectivity index (χ4v) is 3.97. The fourth-order valence-electron chi connectivity index (χ4n) is 3.07. The second-order valence-corrected chi connectivity index (χ2v) is 8.13. The van der Waals surface area contributed by atoms with Gasteiger partial charge in [-0.1, -0.05) is 0 Å². The maximum absolute atomic E-state index is 12.9. The Morgan fingerprint density at radius 3 is 2.42 bits per heavy atom. The lowest BCUT2D eigenvalue weighted by Gasteiger charge is -2.34. The molecule has 1 amide bonds. The van der Waals surface area contributed by atoms with Crippen LogP contribution in [-0.2, 0) is 21.5 Å². The van der Waals surface area contributed by atoms with Crippen molar-refractivity contribution in [2.45, 2.75) is 20.4 Å². The van der Waals surface area contributed by atoms with E-state index in [2.05, 4.69) is 14.4 Å². The Hall–Kier alpha value is -2.20. The van der Waals surface area contributed by atoms with Crippen LogP contribution >= 0.6 is 0 Å². The molecule has 1 aromatic rings. The van der Waals surface area contributed by atoms with Crippen molar-refractivity contribution in [3.8, 4) is 0 Å². The minimum Gasteiger partial charge on any atom is -0.335 e. The van der Waals surface area contributed by atoms with Gasteiger partial charge < -0.3 is 9.80 Å². The molecule has 2 aliphatic rings. The molecular weight excluding hydrogens is 356 g/mol. The van der Waals surface area contributed by atoms with Gasteiger partial charge in [-0.3, -0.25) is 9.48 Å². The fraction of sp³-hybridized carbons (Fsp3) is 0.562. The molecule has 3 heterocycles. The normalized spacial score (nSPS) is 20.8. The van der Waals surface area contributed by atoms with Crippen LogP contribution in [0.1, 0.15) is 18.2 Å². The maximum Gasteiger partial charge on any atom is 0.345 e. The molecule has 0 bridgehead atoms. The summed E-state index contributed by atoms with van der Waals surface area (Å²) in [6.07, 6.45) is 3.14. The Labute approximate surface area is 153 Å². The predicted molar refractivity (Wildman–Crippen MR) is 98.0 cm³/mol. The third-order valence-corrected chi connectivity index (χ3v) is 6.18. The van der Waals surface area contributed by atoms with Crippen molar-refractivity contribution in [1.29, 1.82) is 0 Å². The zero-order valence-corrected chi connectivity index (χ0v) is 16.3. The van der Waals surface area contributed by atoms with Gasteiger partial charge in [0.25, 0.3) is 5.91 Å². The van der Waals surface area contributed by atoms with Crippen molar-refractivity contribution >= 4 is 21.8 Å². The van der Waals surface area contributed by atoms with E-state index in [1.54, 1.807) is 21.9 Å². The summed E-state index contributed by atoms with van der Waals surface area (Å²) in [6, 6.07) is 0. The summed E-state index contributed by atoms with van der Waals surface area (Å²) < 4.78 is 31.6. The quantitative estimate of drug-likeness (QED) is 0.727. The van der Waals surface area contributed by atoms with Crippen LogP contribution in [-0.4, -0.2) is 84.2 Å². The number of carbonyl (C=O) groups excluding carboxylic acids is 1.